The number of aliphatic hydroxyl groups is 1. The highest BCUT2D eigenvalue weighted by Crippen LogP contribution is 2.03. The lowest BCUT2D eigenvalue weighted by molar-refractivity contribution is 0.367. The molecule has 1 rings (SSSR count). The van der Waals surface area contributed by atoms with Crippen LogP contribution in [0.1, 0.15) is 0 Å². The summed E-state index contributed by atoms with van der Waals surface area (Å²) in [5.74, 6) is 0.275. The lowest BCUT2D eigenvalue weighted by Crippen LogP contribution is -1.99. The van der Waals surface area contributed by atoms with E-state index < -0.39 is 0 Å². The fourth-order valence-corrected chi connectivity index (χ4v) is 0.487. The molecule has 1 N–H and O–H groups in total. The molecule has 1 heterocycles. The maximum Gasteiger partial charge on any atom is 0.0991 e. The van der Waals surface area contributed by atoms with E-state index >= 15 is 0 Å². The van der Waals surface area contributed by atoms with Crippen molar-refractivity contribution in [2.24, 2.45) is 0 Å². The number of hydrogen-bond donors (Lipinski definition) is 1. The number of rotatable bonds is 2. The average Bonchev–Trinajstić information content (AvgIpc) is 2.17. The smallest absolute Gasteiger partial charge is 0.0991 e. The average molecular weight is 99.1 g/mol. The molecule has 2 nitrogen and oxygen atoms in total. The standard InChI is InChI=1S/C5H9NO/c1-5(7)4-6-2-3-6/h7H,1-4H2. The van der Waals surface area contributed by atoms with E-state index in [0.717, 1.165) is 13.1 Å². The molecular formula is C5H9NO. The van der Waals surface area contributed by atoms with Gasteiger partial charge in [0.2, 0.25) is 0 Å². The first kappa shape index (κ1) is 4.65. The van der Waals surface area contributed by atoms with Crippen LogP contribution in [0.4, 0.5) is 0 Å². The minimum atomic E-state index is 0.275. The van der Waals surface area contributed by atoms with Gasteiger partial charge in [0.05, 0.1) is 12.3 Å². The molecule has 0 aromatic heterocycles. The van der Waals surface area contributed by atoms with Crippen molar-refractivity contribution < 1.29 is 5.11 Å². The lowest BCUT2D eigenvalue weighted by atomic mass is 10.6. The maximum absolute atomic E-state index is 8.53. The van der Waals surface area contributed by atoms with E-state index in [1.54, 1.807) is 0 Å². The van der Waals surface area contributed by atoms with Crippen LogP contribution in [0.5, 0.6) is 0 Å². The van der Waals surface area contributed by atoms with Crippen molar-refractivity contribution in [3.63, 3.8) is 0 Å². The molecule has 1 saturated heterocycles. The minimum absolute atomic E-state index is 0.275. The van der Waals surface area contributed by atoms with Crippen LogP contribution in [0.3, 0.4) is 0 Å². The third-order valence-corrected chi connectivity index (χ3v) is 0.946. The Morgan fingerprint density at radius 1 is 1.71 bits per heavy atom. The van der Waals surface area contributed by atoms with Crippen molar-refractivity contribution >= 4 is 0 Å². The highest BCUT2D eigenvalue weighted by molar-refractivity contribution is 4.88. The highest BCUT2D eigenvalue weighted by Gasteiger charge is 2.16. The molecule has 0 aromatic carbocycles. The van der Waals surface area contributed by atoms with Crippen molar-refractivity contribution in [1.82, 2.24) is 4.90 Å². The Balaban J connectivity index is 2.08. The molecule has 0 aliphatic carbocycles. The Morgan fingerprint density at radius 2 is 2.29 bits per heavy atom. The van der Waals surface area contributed by atoms with Crippen LogP contribution in [0.2, 0.25) is 0 Å². The zero-order chi connectivity index (χ0) is 5.28. The molecule has 0 radical (unpaired) electrons. The molecule has 1 aliphatic rings. The summed E-state index contributed by atoms with van der Waals surface area (Å²) in [7, 11) is 0. The van der Waals surface area contributed by atoms with Gasteiger partial charge in [-0.05, 0) is 0 Å². The molecule has 1 aliphatic heterocycles. The van der Waals surface area contributed by atoms with Gasteiger partial charge in [-0.15, -0.1) is 0 Å². The van der Waals surface area contributed by atoms with Gasteiger partial charge in [0.15, 0.2) is 0 Å². The van der Waals surface area contributed by atoms with Crippen LogP contribution in [0.25, 0.3) is 0 Å². The molecule has 2 heteroatoms. The zero-order valence-corrected chi connectivity index (χ0v) is 4.22. The molecule has 0 spiro atoms. The summed E-state index contributed by atoms with van der Waals surface area (Å²) in [6.07, 6.45) is 0. The first-order chi connectivity index (χ1) is 3.29. The van der Waals surface area contributed by atoms with E-state index in [-0.39, 0.29) is 5.76 Å². The summed E-state index contributed by atoms with van der Waals surface area (Å²) >= 11 is 0. The molecule has 1 fully saturated rings. The van der Waals surface area contributed by atoms with Crippen LogP contribution < -0.4 is 0 Å². The molecule has 0 aromatic rings. The fourth-order valence-electron chi connectivity index (χ4n) is 0.487. The summed E-state index contributed by atoms with van der Waals surface area (Å²) in [6.45, 7) is 6.26. The van der Waals surface area contributed by atoms with Crippen molar-refractivity contribution in [3.05, 3.63) is 12.3 Å². The van der Waals surface area contributed by atoms with Gasteiger partial charge in [-0.1, -0.05) is 6.58 Å². The van der Waals surface area contributed by atoms with Crippen molar-refractivity contribution in [1.29, 1.82) is 0 Å². The second-order valence-corrected chi connectivity index (χ2v) is 1.84. The first-order valence-corrected chi connectivity index (χ1v) is 2.38. The molecule has 40 valence electrons. The van der Waals surface area contributed by atoms with E-state index in [4.69, 9.17) is 5.11 Å². The van der Waals surface area contributed by atoms with Crippen LogP contribution in [0, 0.1) is 0 Å². The summed E-state index contributed by atoms with van der Waals surface area (Å²) in [6, 6.07) is 0. The van der Waals surface area contributed by atoms with Crippen molar-refractivity contribution in [2.45, 2.75) is 0 Å². The fraction of sp³-hybridized carbons (Fsp3) is 0.600. The number of aliphatic hydroxyl groups excluding tert-OH is 1. The van der Waals surface area contributed by atoms with E-state index in [0.29, 0.717) is 6.54 Å². The highest BCUT2D eigenvalue weighted by atomic mass is 16.3. The third kappa shape index (κ3) is 1.59. The third-order valence-electron chi connectivity index (χ3n) is 0.946. The van der Waals surface area contributed by atoms with Crippen molar-refractivity contribution in [2.75, 3.05) is 19.6 Å². The number of nitrogens with zero attached hydrogens (tertiary/aromatic N) is 1. The van der Waals surface area contributed by atoms with Gasteiger partial charge in [0.1, 0.15) is 0 Å². The molecule has 0 bridgehead atoms. The monoisotopic (exact) mass is 99.1 g/mol. The summed E-state index contributed by atoms with van der Waals surface area (Å²) in [5.41, 5.74) is 0. The maximum atomic E-state index is 8.53. The van der Waals surface area contributed by atoms with Gasteiger partial charge in [-0.3, -0.25) is 4.90 Å². The zero-order valence-electron chi connectivity index (χ0n) is 4.22. The molecule has 0 unspecified atom stereocenters. The van der Waals surface area contributed by atoms with E-state index in [1.807, 2.05) is 0 Å². The molecule has 0 saturated carbocycles. The normalized spacial score (nSPS) is 19.4. The van der Waals surface area contributed by atoms with E-state index in [9.17, 15) is 0 Å². The second-order valence-electron chi connectivity index (χ2n) is 1.84. The minimum Gasteiger partial charge on any atom is -0.512 e. The summed E-state index contributed by atoms with van der Waals surface area (Å²) < 4.78 is 0. The van der Waals surface area contributed by atoms with Gasteiger partial charge in [0, 0.05) is 13.1 Å². The van der Waals surface area contributed by atoms with Gasteiger partial charge in [-0.25, -0.2) is 0 Å². The van der Waals surface area contributed by atoms with Crippen LogP contribution >= 0.6 is 0 Å². The summed E-state index contributed by atoms with van der Waals surface area (Å²) in [4.78, 5) is 2.10. The van der Waals surface area contributed by atoms with E-state index in [2.05, 4.69) is 11.5 Å². The topological polar surface area (TPSA) is 23.2 Å². The Hall–Kier alpha value is -0.500. The van der Waals surface area contributed by atoms with Crippen LogP contribution in [-0.4, -0.2) is 29.6 Å². The lowest BCUT2D eigenvalue weighted by Gasteiger charge is -1.93. The Morgan fingerprint density at radius 3 is 2.43 bits per heavy atom. The Labute approximate surface area is 43.1 Å². The molecular weight excluding hydrogens is 90.1 g/mol. The van der Waals surface area contributed by atoms with E-state index in [1.165, 1.54) is 0 Å². The van der Waals surface area contributed by atoms with Crippen molar-refractivity contribution in [3.8, 4) is 0 Å². The predicted octanol–water partition coefficient (Wildman–Crippen LogP) is 0.374. The van der Waals surface area contributed by atoms with Crippen LogP contribution in [0.15, 0.2) is 12.3 Å². The van der Waals surface area contributed by atoms with Crippen LogP contribution in [-0.2, 0) is 0 Å². The molecule has 7 heavy (non-hydrogen) atoms. The first-order valence-electron chi connectivity index (χ1n) is 2.38. The Bertz CT molecular complexity index is 86.1. The summed E-state index contributed by atoms with van der Waals surface area (Å²) in [5, 5.41) is 8.53. The van der Waals surface area contributed by atoms with Gasteiger partial charge < -0.3 is 5.11 Å². The van der Waals surface area contributed by atoms with Gasteiger partial charge >= 0.3 is 0 Å². The van der Waals surface area contributed by atoms with Gasteiger partial charge in [0.25, 0.3) is 0 Å². The molecule has 0 amide bonds. The largest absolute Gasteiger partial charge is 0.512 e. The SMILES string of the molecule is C=C(O)CN1CC1. The second kappa shape index (κ2) is 1.54. The van der Waals surface area contributed by atoms with Gasteiger partial charge in [-0.2, -0.15) is 0 Å². The predicted molar refractivity (Wildman–Crippen MR) is 28.2 cm³/mol. The Kier molecular flexibility index (Phi) is 1.02. The number of hydrogen-bond acceptors (Lipinski definition) is 2. The quantitative estimate of drug-likeness (QED) is 0.399. The molecule has 0 atom stereocenters.